The van der Waals surface area contributed by atoms with Crippen LogP contribution in [0.5, 0.6) is 0 Å². The highest BCUT2D eigenvalue weighted by Gasteiger charge is 2.21. The lowest BCUT2D eigenvalue weighted by Crippen LogP contribution is -2.38. The van der Waals surface area contributed by atoms with Gasteiger partial charge in [-0.3, -0.25) is 9.59 Å². The number of hydrogen-bond acceptors (Lipinski definition) is 4. The standard InChI is InChI=1S/C12H17NO4S/c1-3-9-4-7-18-11(9)12(16)13(5-6-17-2)8-10(14)15/h4,7H,3,5-6,8H2,1-2H3,(H,14,15). The minimum Gasteiger partial charge on any atom is -0.480 e. The molecular formula is C12H17NO4S. The van der Waals surface area contributed by atoms with Crippen LogP contribution in [0.2, 0.25) is 0 Å². The van der Waals surface area contributed by atoms with Crippen LogP contribution >= 0.6 is 11.3 Å². The zero-order valence-electron chi connectivity index (χ0n) is 10.5. The molecule has 0 radical (unpaired) electrons. The molecule has 6 heteroatoms. The average molecular weight is 271 g/mol. The molecule has 0 spiro atoms. The molecule has 18 heavy (non-hydrogen) atoms. The van der Waals surface area contributed by atoms with Gasteiger partial charge in [0.2, 0.25) is 0 Å². The Balaban J connectivity index is 2.83. The minimum atomic E-state index is -1.02. The van der Waals surface area contributed by atoms with E-state index in [-0.39, 0.29) is 19.0 Å². The highest BCUT2D eigenvalue weighted by molar-refractivity contribution is 7.12. The highest BCUT2D eigenvalue weighted by atomic mass is 32.1. The maximum atomic E-state index is 12.2. The molecule has 0 aromatic carbocycles. The predicted molar refractivity (Wildman–Crippen MR) is 69.1 cm³/mol. The Hall–Kier alpha value is -1.40. The molecule has 0 saturated heterocycles. The summed E-state index contributed by atoms with van der Waals surface area (Å²) in [4.78, 5) is 24.9. The molecule has 0 aliphatic carbocycles. The second-order valence-corrected chi connectivity index (χ2v) is 4.66. The highest BCUT2D eigenvalue weighted by Crippen LogP contribution is 2.19. The lowest BCUT2D eigenvalue weighted by Gasteiger charge is -2.20. The van der Waals surface area contributed by atoms with Gasteiger partial charge in [0.25, 0.3) is 5.91 Å². The van der Waals surface area contributed by atoms with Crippen molar-refractivity contribution in [2.24, 2.45) is 0 Å². The van der Waals surface area contributed by atoms with Crippen molar-refractivity contribution in [2.75, 3.05) is 26.8 Å². The smallest absolute Gasteiger partial charge is 0.323 e. The van der Waals surface area contributed by atoms with E-state index < -0.39 is 5.97 Å². The molecule has 0 bridgehead atoms. The quantitative estimate of drug-likeness (QED) is 0.815. The zero-order chi connectivity index (χ0) is 13.5. The van der Waals surface area contributed by atoms with E-state index in [0.717, 1.165) is 12.0 Å². The summed E-state index contributed by atoms with van der Waals surface area (Å²) < 4.78 is 4.89. The van der Waals surface area contributed by atoms with Crippen molar-refractivity contribution in [2.45, 2.75) is 13.3 Å². The van der Waals surface area contributed by atoms with Crippen molar-refractivity contribution in [3.05, 3.63) is 21.9 Å². The number of aliphatic carboxylic acids is 1. The number of carboxylic acid groups (broad SMARTS) is 1. The van der Waals surface area contributed by atoms with Gasteiger partial charge in [-0.25, -0.2) is 0 Å². The molecule has 5 nitrogen and oxygen atoms in total. The molecule has 0 fully saturated rings. The average Bonchev–Trinajstić information content (AvgIpc) is 2.81. The summed E-state index contributed by atoms with van der Waals surface area (Å²) in [5.74, 6) is -1.25. The van der Waals surface area contributed by atoms with Crippen LogP contribution in [0.4, 0.5) is 0 Å². The molecule has 1 aromatic rings. The Morgan fingerprint density at radius 3 is 2.78 bits per heavy atom. The summed E-state index contributed by atoms with van der Waals surface area (Å²) in [6.45, 7) is 2.27. The summed E-state index contributed by atoms with van der Waals surface area (Å²) in [5.41, 5.74) is 0.956. The third-order valence-corrected chi connectivity index (χ3v) is 3.45. The fraction of sp³-hybridized carbons (Fsp3) is 0.500. The van der Waals surface area contributed by atoms with E-state index in [9.17, 15) is 9.59 Å². The summed E-state index contributed by atoms with van der Waals surface area (Å²) in [6.07, 6.45) is 0.760. The molecule has 0 saturated carbocycles. The predicted octanol–water partition coefficient (Wildman–Crippen LogP) is 1.48. The molecule has 0 unspecified atom stereocenters. The first-order valence-electron chi connectivity index (χ1n) is 5.66. The zero-order valence-corrected chi connectivity index (χ0v) is 11.3. The van der Waals surface area contributed by atoms with Gasteiger partial charge in [0.15, 0.2) is 0 Å². The maximum Gasteiger partial charge on any atom is 0.323 e. The lowest BCUT2D eigenvalue weighted by molar-refractivity contribution is -0.137. The first-order chi connectivity index (χ1) is 8.60. The van der Waals surface area contributed by atoms with Crippen molar-refractivity contribution in [3.63, 3.8) is 0 Å². The number of amides is 1. The Labute approximate surface area is 110 Å². The summed E-state index contributed by atoms with van der Waals surface area (Å²) in [5, 5.41) is 10.7. The third-order valence-electron chi connectivity index (χ3n) is 2.50. The van der Waals surface area contributed by atoms with Gasteiger partial charge in [-0.15, -0.1) is 11.3 Å². The molecular weight excluding hydrogens is 254 g/mol. The summed E-state index contributed by atoms with van der Waals surface area (Å²) >= 11 is 1.35. The van der Waals surface area contributed by atoms with Crippen LogP contribution in [-0.4, -0.2) is 48.7 Å². The van der Waals surface area contributed by atoms with Crippen molar-refractivity contribution in [1.29, 1.82) is 0 Å². The first-order valence-corrected chi connectivity index (χ1v) is 6.54. The van der Waals surface area contributed by atoms with Gasteiger partial charge in [0.05, 0.1) is 11.5 Å². The van der Waals surface area contributed by atoms with E-state index >= 15 is 0 Å². The van der Waals surface area contributed by atoms with E-state index in [1.54, 1.807) is 0 Å². The molecule has 0 aliphatic rings. The molecule has 1 amide bonds. The number of rotatable bonds is 7. The maximum absolute atomic E-state index is 12.2. The molecule has 0 atom stereocenters. The number of thiophene rings is 1. The molecule has 0 aliphatic heterocycles. The van der Waals surface area contributed by atoms with E-state index in [2.05, 4.69) is 0 Å². The molecule has 1 heterocycles. The second kappa shape index (κ2) is 7.13. The summed E-state index contributed by atoms with van der Waals surface area (Å²) in [6, 6.07) is 1.90. The van der Waals surface area contributed by atoms with Crippen LogP contribution in [0.15, 0.2) is 11.4 Å². The van der Waals surface area contributed by atoms with Gasteiger partial charge in [-0.2, -0.15) is 0 Å². The summed E-state index contributed by atoms with van der Waals surface area (Å²) in [7, 11) is 1.52. The van der Waals surface area contributed by atoms with Crippen LogP contribution in [0, 0.1) is 0 Å². The van der Waals surface area contributed by atoms with E-state index in [1.165, 1.54) is 23.3 Å². The van der Waals surface area contributed by atoms with Crippen molar-refractivity contribution in [3.8, 4) is 0 Å². The number of aryl methyl sites for hydroxylation is 1. The number of carboxylic acids is 1. The van der Waals surface area contributed by atoms with E-state index in [1.807, 2.05) is 18.4 Å². The van der Waals surface area contributed by atoms with Crippen LogP contribution in [0.3, 0.4) is 0 Å². The van der Waals surface area contributed by atoms with Gasteiger partial charge in [0, 0.05) is 13.7 Å². The Morgan fingerprint density at radius 1 is 1.50 bits per heavy atom. The van der Waals surface area contributed by atoms with Gasteiger partial charge < -0.3 is 14.7 Å². The second-order valence-electron chi connectivity index (χ2n) is 3.74. The third kappa shape index (κ3) is 3.82. The number of hydrogen-bond donors (Lipinski definition) is 1. The van der Waals surface area contributed by atoms with E-state index in [0.29, 0.717) is 11.5 Å². The Bertz CT molecular complexity index is 416. The number of carbonyl (C=O) groups excluding carboxylic acids is 1. The normalized spacial score (nSPS) is 10.3. The fourth-order valence-corrected chi connectivity index (χ4v) is 2.52. The van der Waals surface area contributed by atoms with Gasteiger partial charge in [-0.05, 0) is 23.4 Å². The minimum absolute atomic E-state index is 0.235. The van der Waals surface area contributed by atoms with Crippen LogP contribution in [0.1, 0.15) is 22.2 Å². The number of methoxy groups -OCH3 is 1. The van der Waals surface area contributed by atoms with Gasteiger partial charge >= 0.3 is 5.97 Å². The van der Waals surface area contributed by atoms with Crippen molar-refractivity contribution >= 4 is 23.2 Å². The van der Waals surface area contributed by atoms with Gasteiger partial charge in [-0.1, -0.05) is 6.92 Å². The largest absolute Gasteiger partial charge is 0.480 e. The topological polar surface area (TPSA) is 66.8 Å². The van der Waals surface area contributed by atoms with Crippen LogP contribution in [0.25, 0.3) is 0 Å². The lowest BCUT2D eigenvalue weighted by atomic mass is 10.2. The monoisotopic (exact) mass is 271 g/mol. The molecule has 100 valence electrons. The number of carbonyl (C=O) groups is 2. The Kier molecular flexibility index (Phi) is 5.80. The molecule has 1 N–H and O–H groups in total. The first kappa shape index (κ1) is 14.7. The van der Waals surface area contributed by atoms with Crippen LogP contribution < -0.4 is 0 Å². The number of nitrogens with zero attached hydrogens (tertiary/aromatic N) is 1. The molecule has 1 rings (SSSR count). The van der Waals surface area contributed by atoms with E-state index in [4.69, 9.17) is 9.84 Å². The Morgan fingerprint density at radius 2 is 2.22 bits per heavy atom. The van der Waals surface area contributed by atoms with Crippen molar-refractivity contribution in [1.82, 2.24) is 4.90 Å². The van der Waals surface area contributed by atoms with Gasteiger partial charge in [0.1, 0.15) is 6.54 Å². The molecule has 1 aromatic heterocycles. The fourth-order valence-electron chi connectivity index (χ4n) is 1.56. The SMILES string of the molecule is CCc1ccsc1C(=O)N(CCOC)CC(=O)O. The van der Waals surface area contributed by atoms with Crippen molar-refractivity contribution < 1.29 is 19.4 Å². The number of ether oxygens (including phenoxy) is 1. The van der Waals surface area contributed by atoms with Crippen LogP contribution in [-0.2, 0) is 16.0 Å².